The minimum absolute atomic E-state index is 0.0230. The molecule has 1 aromatic rings. The number of esters is 1. The number of carbonyl (C=O) groups excluding carboxylic acids is 2. The predicted molar refractivity (Wildman–Crippen MR) is 112 cm³/mol. The first-order valence-corrected chi connectivity index (χ1v) is 11.6. The Bertz CT molecular complexity index is 1040. The molecule has 198 valence electrons. The van der Waals surface area contributed by atoms with Crippen LogP contribution < -0.4 is 4.18 Å². The van der Waals surface area contributed by atoms with Crippen molar-refractivity contribution >= 4 is 22.2 Å². The fourth-order valence-corrected chi connectivity index (χ4v) is 3.75. The third-order valence-corrected chi connectivity index (χ3v) is 5.73. The highest BCUT2D eigenvalue weighted by molar-refractivity contribution is 7.88. The topological polar surface area (TPSA) is 102 Å². The molecule has 0 aliphatic carbocycles. The summed E-state index contributed by atoms with van der Waals surface area (Å²) < 4.78 is 102. The molecule has 1 unspecified atom stereocenters. The van der Waals surface area contributed by atoms with Crippen LogP contribution in [-0.2, 0) is 19.6 Å². The number of nitrogens with zero attached hydrogens (tertiary/aromatic N) is 2. The van der Waals surface area contributed by atoms with Crippen molar-refractivity contribution in [1.29, 1.82) is 0 Å². The Morgan fingerprint density at radius 3 is 2.29 bits per heavy atom. The first-order chi connectivity index (χ1) is 15.9. The third kappa shape index (κ3) is 7.40. The molecule has 0 saturated carbocycles. The average molecular weight is 532 g/mol. The van der Waals surface area contributed by atoms with Gasteiger partial charge in [0.25, 0.3) is 6.43 Å². The zero-order valence-corrected chi connectivity index (χ0v) is 20.1. The molecule has 1 aliphatic rings. The van der Waals surface area contributed by atoms with Gasteiger partial charge in [0.15, 0.2) is 5.75 Å². The van der Waals surface area contributed by atoms with Gasteiger partial charge in [-0.3, -0.25) is 9.80 Å². The number of benzene rings is 1. The third-order valence-electron chi connectivity index (χ3n) is 4.77. The maximum atomic E-state index is 13.0. The summed E-state index contributed by atoms with van der Waals surface area (Å²) in [6, 6.07) is 1.97. The molecule has 0 spiro atoms. The van der Waals surface area contributed by atoms with Crippen LogP contribution in [0.5, 0.6) is 5.75 Å². The number of carbonyl (C=O) groups is 2. The van der Waals surface area contributed by atoms with Gasteiger partial charge in [0.05, 0.1) is 19.7 Å². The molecule has 1 aromatic carbocycles. The summed E-state index contributed by atoms with van der Waals surface area (Å²) in [6.45, 7) is 4.00. The summed E-state index contributed by atoms with van der Waals surface area (Å²) in [7, 11) is -5.24. The minimum Gasteiger partial charge on any atom is -0.465 e. The summed E-state index contributed by atoms with van der Waals surface area (Å²) >= 11 is 0. The van der Waals surface area contributed by atoms with Crippen LogP contribution in [0.3, 0.4) is 0 Å². The molecule has 1 fully saturated rings. The first-order valence-electron chi connectivity index (χ1n) is 10.2. The van der Waals surface area contributed by atoms with E-state index >= 15 is 0 Å². The highest BCUT2D eigenvalue weighted by Gasteiger charge is 2.49. The summed E-state index contributed by atoms with van der Waals surface area (Å²) in [4.78, 5) is 27.3. The molecule has 1 heterocycles. The number of hydrogen-bond acceptors (Lipinski definition) is 8. The van der Waals surface area contributed by atoms with Crippen molar-refractivity contribution in [2.45, 2.75) is 44.3 Å². The molecule has 0 aromatic heterocycles. The lowest BCUT2D eigenvalue weighted by atomic mass is 10.00. The van der Waals surface area contributed by atoms with E-state index in [2.05, 4.69) is 8.92 Å². The smallest absolute Gasteiger partial charge is 0.465 e. The van der Waals surface area contributed by atoms with E-state index in [1.807, 2.05) is 0 Å². The molecular formula is C20H25F5N2O7S. The van der Waals surface area contributed by atoms with Gasteiger partial charge in [0, 0.05) is 19.6 Å². The van der Waals surface area contributed by atoms with Crippen molar-refractivity contribution in [3.8, 4) is 5.75 Å². The van der Waals surface area contributed by atoms with E-state index in [1.54, 1.807) is 20.8 Å². The number of methoxy groups -OCH3 is 1. The van der Waals surface area contributed by atoms with Crippen LogP contribution >= 0.6 is 0 Å². The molecule has 15 heteroatoms. The zero-order chi connectivity index (χ0) is 26.8. The molecule has 9 nitrogen and oxygen atoms in total. The molecule has 1 aliphatic heterocycles. The maximum Gasteiger partial charge on any atom is 0.534 e. The first kappa shape index (κ1) is 28.6. The molecular weight excluding hydrogens is 507 g/mol. The van der Waals surface area contributed by atoms with E-state index < -0.39 is 63.6 Å². The van der Waals surface area contributed by atoms with E-state index in [9.17, 15) is 40.0 Å². The largest absolute Gasteiger partial charge is 0.534 e. The van der Waals surface area contributed by atoms with Gasteiger partial charge in [-0.05, 0) is 38.5 Å². The Balaban J connectivity index is 2.55. The summed E-state index contributed by atoms with van der Waals surface area (Å²) in [6.07, 6.45) is -3.51. The summed E-state index contributed by atoms with van der Waals surface area (Å²) in [5.74, 6) is -2.18. The summed E-state index contributed by atoms with van der Waals surface area (Å²) in [5, 5.41) is 0. The highest BCUT2D eigenvalue weighted by atomic mass is 32.2. The van der Waals surface area contributed by atoms with Crippen LogP contribution in [0.4, 0.5) is 26.7 Å². The molecule has 0 N–H and O–H groups in total. The van der Waals surface area contributed by atoms with Crippen molar-refractivity contribution in [3.05, 3.63) is 29.3 Å². The van der Waals surface area contributed by atoms with E-state index in [-0.39, 0.29) is 25.2 Å². The number of alkyl halides is 5. The van der Waals surface area contributed by atoms with Crippen molar-refractivity contribution in [2.24, 2.45) is 0 Å². The lowest BCUT2D eigenvalue weighted by Crippen LogP contribution is -2.52. The fraction of sp³-hybridized carbons (Fsp3) is 0.600. The second kappa shape index (κ2) is 10.5. The number of rotatable bonds is 6. The van der Waals surface area contributed by atoms with Gasteiger partial charge >= 0.3 is 27.7 Å². The summed E-state index contributed by atoms with van der Waals surface area (Å²) in [5.41, 5.74) is -7.31. The number of piperazine rings is 1. The number of hydrogen-bond donors (Lipinski definition) is 0. The number of ether oxygens (including phenoxy) is 2. The zero-order valence-electron chi connectivity index (χ0n) is 19.3. The highest BCUT2D eigenvalue weighted by Crippen LogP contribution is 2.34. The molecule has 2 rings (SSSR count). The minimum atomic E-state index is -6.17. The lowest BCUT2D eigenvalue weighted by Gasteiger charge is -2.42. The molecule has 1 amide bonds. The second-order valence-electron chi connectivity index (χ2n) is 8.57. The van der Waals surface area contributed by atoms with Gasteiger partial charge in [-0.1, -0.05) is 6.07 Å². The van der Waals surface area contributed by atoms with Crippen molar-refractivity contribution in [2.75, 3.05) is 33.3 Å². The Kier molecular flexibility index (Phi) is 8.58. The Morgan fingerprint density at radius 2 is 1.77 bits per heavy atom. The molecule has 1 atom stereocenters. The van der Waals surface area contributed by atoms with Crippen LogP contribution in [0.25, 0.3) is 0 Å². The van der Waals surface area contributed by atoms with Crippen molar-refractivity contribution < 1.29 is 53.6 Å². The molecule has 1 saturated heterocycles. The van der Waals surface area contributed by atoms with Gasteiger partial charge in [0.1, 0.15) is 11.2 Å². The van der Waals surface area contributed by atoms with E-state index in [1.165, 1.54) is 15.9 Å². The van der Waals surface area contributed by atoms with E-state index in [0.29, 0.717) is 0 Å². The quantitative estimate of drug-likeness (QED) is 0.237. The predicted octanol–water partition coefficient (Wildman–Crippen LogP) is 3.56. The maximum absolute atomic E-state index is 13.0. The van der Waals surface area contributed by atoms with Gasteiger partial charge < -0.3 is 13.7 Å². The SMILES string of the molecule is COC(=O)c1ccc(C2CN(CC(F)F)CCN2C(=O)OC(C)(C)C)cc1OS(=O)(=O)C(F)(F)F. The van der Waals surface area contributed by atoms with E-state index in [0.717, 1.165) is 19.2 Å². The van der Waals surface area contributed by atoms with Gasteiger partial charge in [-0.2, -0.15) is 21.6 Å². The van der Waals surface area contributed by atoms with Gasteiger partial charge in [0.2, 0.25) is 0 Å². The molecule has 0 bridgehead atoms. The standard InChI is InChI=1S/C20H25F5N2O7S/c1-19(2,3)33-18(29)27-8-7-26(11-16(21)22)10-14(27)12-5-6-13(17(28)32-4)15(9-12)34-35(30,31)20(23,24)25/h5-6,9,14,16H,7-8,10-11H2,1-4H3. The fourth-order valence-electron chi connectivity index (χ4n) is 3.28. The Labute approximate surface area is 198 Å². The van der Waals surface area contributed by atoms with Crippen LogP contribution in [0.2, 0.25) is 0 Å². The van der Waals surface area contributed by atoms with Crippen LogP contribution in [0, 0.1) is 0 Å². The van der Waals surface area contributed by atoms with E-state index in [4.69, 9.17) is 4.74 Å². The van der Waals surface area contributed by atoms with Crippen molar-refractivity contribution in [1.82, 2.24) is 9.80 Å². The van der Waals surface area contributed by atoms with Crippen molar-refractivity contribution in [3.63, 3.8) is 0 Å². The number of halogens is 5. The second-order valence-corrected chi connectivity index (χ2v) is 10.1. The Hall–Kier alpha value is -2.68. The molecule has 35 heavy (non-hydrogen) atoms. The van der Waals surface area contributed by atoms with Crippen LogP contribution in [0.15, 0.2) is 18.2 Å². The number of amides is 1. The average Bonchev–Trinajstić information content (AvgIpc) is 2.70. The monoisotopic (exact) mass is 532 g/mol. The normalized spacial score (nSPS) is 17.9. The molecule has 0 radical (unpaired) electrons. The van der Waals surface area contributed by atoms with Gasteiger partial charge in [-0.25, -0.2) is 18.4 Å². The van der Waals surface area contributed by atoms with Gasteiger partial charge in [-0.15, -0.1) is 0 Å². The Morgan fingerprint density at radius 1 is 1.14 bits per heavy atom. The van der Waals surface area contributed by atoms with Crippen LogP contribution in [-0.4, -0.2) is 81.1 Å². The lowest BCUT2D eigenvalue weighted by molar-refractivity contribution is -0.0500. The van der Waals surface area contributed by atoms with Crippen LogP contribution in [0.1, 0.15) is 42.7 Å².